The minimum atomic E-state index is -0.153. The lowest BCUT2D eigenvalue weighted by Gasteiger charge is -2.14. The molecule has 0 saturated carbocycles. The Balaban J connectivity index is 1.36. The number of urea groups is 1. The zero-order chi connectivity index (χ0) is 13.8. The first-order valence-electron chi connectivity index (χ1n) is 7.19. The molecule has 0 bridgehead atoms. The molecule has 0 aliphatic carbocycles. The largest absolute Gasteiger partial charge is 0.488 e. The lowest BCUT2D eigenvalue weighted by molar-refractivity contribution is 0.111. The monoisotopic (exact) mass is 276 g/mol. The number of carbonyl (C=O) groups excluding carboxylic acids is 1. The van der Waals surface area contributed by atoms with Crippen molar-refractivity contribution in [1.29, 1.82) is 0 Å². The number of para-hydroxylation sites is 1. The molecular formula is C15H20N2O3. The molecule has 1 saturated heterocycles. The maximum atomic E-state index is 11.7. The SMILES string of the molecule is O=C(NCC1CCCO1)NCC1Cc2ccccc2O1. The van der Waals surface area contributed by atoms with Gasteiger partial charge in [-0.25, -0.2) is 4.79 Å². The summed E-state index contributed by atoms with van der Waals surface area (Å²) in [4.78, 5) is 11.7. The standard InChI is InChI=1S/C15H20N2O3/c18-15(16-9-12-5-3-7-19-12)17-10-13-8-11-4-1-2-6-14(11)20-13/h1-2,4,6,12-13H,3,5,7-10H2,(H2,16,17,18). The van der Waals surface area contributed by atoms with Crippen molar-refractivity contribution in [3.8, 4) is 5.75 Å². The molecule has 2 unspecified atom stereocenters. The van der Waals surface area contributed by atoms with E-state index in [1.807, 2.05) is 18.2 Å². The summed E-state index contributed by atoms with van der Waals surface area (Å²) in [5.74, 6) is 0.930. The Labute approximate surface area is 118 Å². The molecule has 2 aliphatic rings. The van der Waals surface area contributed by atoms with Crippen molar-refractivity contribution in [2.24, 2.45) is 0 Å². The van der Waals surface area contributed by atoms with Crippen LogP contribution in [0.3, 0.4) is 0 Å². The van der Waals surface area contributed by atoms with E-state index in [-0.39, 0.29) is 18.2 Å². The van der Waals surface area contributed by atoms with Crippen LogP contribution < -0.4 is 15.4 Å². The summed E-state index contributed by atoms with van der Waals surface area (Å²) >= 11 is 0. The maximum absolute atomic E-state index is 11.7. The topological polar surface area (TPSA) is 59.6 Å². The van der Waals surface area contributed by atoms with Gasteiger partial charge in [0.15, 0.2) is 0 Å². The molecule has 1 fully saturated rings. The number of amides is 2. The van der Waals surface area contributed by atoms with E-state index < -0.39 is 0 Å². The molecule has 3 rings (SSSR count). The van der Waals surface area contributed by atoms with Gasteiger partial charge in [-0.05, 0) is 24.5 Å². The van der Waals surface area contributed by atoms with Crippen LogP contribution in [-0.4, -0.2) is 37.9 Å². The highest BCUT2D eigenvalue weighted by molar-refractivity contribution is 5.73. The van der Waals surface area contributed by atoms with E-state index in [0.29, 0.717) is 13.1 Å². The summed E-state index contributed by atoms with van der Waals surface area (Å²) in [6.45, 7) is 1.91. The average molecular weight is 276 g/mol. The van der Waals surface area contributed by atoms with E-state index in [9.17, 15) is 4.79 Å². The average Bonchev–Trinajstić information content (AvgIpc) is 3.11. The second-order valence-corrected chi connectivity index (χ2v) is 5.28. The van der Waals surface area contributed by atoms with E-state index in [0.717, 1.165) is 31.6 Å². The van der Waals surface area contributed by atoms with Crippen LogP contribution in [0, 0.1) is 0 Å². The Morgan fingerprint density at radius 3 is 2.75 bits per heavy atom. The van der Waals surface area contributed by atoms with Gasteiger partial charge < -0.3 is 20.1 Å². The van der Waals surface area contributed by atoms with E-state index in [1.165, 1.54) is 5.56 Å². The van der Waals surface area contributed by atoms with Crippen LogP contribution in [0.4, 0.5) is 4.79 Å². The van der Waals surface area contributed by atoms with Crippen LogP contribution in [0.15, 0.2) is 24.3 Å². The Kier molecular flexibility index (Phi) is 4.06. The minimum absolute atomic E-state index is 0.0286. The predicted molar refractivity (Wildman–Crippen MR) is 74.9 cm³/mol. The van der Waals surface area contributed by atoms with E-state index in [2.05, 4.69) is 16.7 Å². The van der Waals surface area contributed by atoms with Crippen LogP contribution in [0.5, 0.6) is 5.75 Å². The third kappa shape index (κ3) is 3.22. The Morgan fingerprint density at radius 1 is 1.20 bits per heavy atom. The first kappa shape index (κ1) is 13.2. The summed E-state index contributed by atoms with van der Waals surface area (Å²) in [5.41, 5.74) is 1.21. The van der Waals surface area contributed by atoms with Gasteiger partial charge in [0.2, 0.25) is 0 Å². The first-order valence-corrected chi connectivity index (χ1v) is 7.19. The molecule has 0 radical (unpaired) electrons. The fourth-order valence-corrected chi connectivity index (χ4v) is 2.65. The molecule has 2 amide bonds. The smallest absolute Gasteiger partial charge is 0.315 e. The molecule has 1 aromatic carbocycles. The second kappa shape index (κ2) is 6.13. The lowest BCUT2D eigenvalue weighted by atomic mass is 10.1. The van der Waals surface area contributed by atoms with Crippen molar-refractivity contribution in [1.82, 2.24) is 10.6 Å². The van der Waals surface area contributed by atoms with E-state index in [1.54, 1.807) is 0 Å². The molecular weight excluding hydrogens is 256 g/mol. The number of hydrogen-bond acceptors (Lipinski definition) is 3. The highest BCUT2D eigenvalue weighted by atomic mass is 16.5. The quantitative estimate of drug-likeness (QED) is 0.875. The van der Waals surface area contributed by atoms with Crippen LogP contribution in [0.1, 0.15) is 18.4 Å². The summed E-state index contributed by atoms with van der Waals surface area (Å²) in [6, 6.07) is 7.84. The van der Waals surface area contributed by atoms with Crippen molar-refractivity contribution in [3.63, 3.8) is 0 Å². The van der Waals surface area contributed by atoms with Crippen molar-refractivity contribution >= 4 is 6.03 Å². The molecule has 2 atom stereocenters. The van der Waals surface area contributed by atoms with E-state index in [4.69, 9.17) is 9.47 Å². The van der Waals surface area contributed by atoms with Gasteiger partial charge in [0, 0.05) is 19.6 Å². The normalized spacial score (nSPS) is 24.0. The number of hydrogen-bond donors (Lipinski definition) is 2. The number of carbonyl (C=O) groups is 1. The Morgan fingerprint density at radius 2 is 2.00 bits per heavy atom. The van der Waals surface area contributed by atoms with Crippen LogP contribution in [0.25, 0.3) is 0 Å². The van der Waals surface area contributed by atoms with Gasteiger partial charge in [-0.2, -0.15) is 0 Å². The van der Waals surface area contributed by atoms with Gasteiger partial charge in [-0.3, -0.25) is 0 Å². The molecule has 2 N–H and O–H groups in total. The van der Waals surface area contributed by atoms with Crippen LogP contribution >= 0.6 is 0 Å². The van der Waals surface area contributed by atoms with Gasteiger partial charge in [-0.1, -0.05) is 18.2 Å². The maximum Gasteiger partial charge on any atom is 0.315 e. The van der Waals surface area contributed by atoms with Crippen LogP contribution in [0.2, 0.25) is 0 Å². The minimum Gasteiger partial charge on any atom is -0.488 e. The molecule has 5 nitrogen and oxygen atoms in total. The highest BCUT2D eigenvalue weighted by Crippen LogP contribution is 2.27. The third-order valence-corrected chi connectivity index (χ3v) is 3.72. The van der Waals surface area contributed by atoms with Gasteiger partial charge >= 0.3 is 6.03 Å². The Hall–Kier alpha value is -1.75. The molecule has 5 heteroatoms. The summed E-state index contributed by atoms with van der Waals surface area (Å²) in [5, 5.41) is 5.69. The zero-order valence-electron chi connectivity index (χ0n) is 11.4. The summed E-state index contributed by atoms with van der Waals surface area (Å²) in [7, 11) is 0. The lowest BCUT2D eigenvalue weighted by Crippen LogP contribution is -2.43. The van der Waals surface area contributed by atoms with Gasteiger partial charge in [-0.15, -0.1) is 0 Å². The first-order chi connectivity index (χ1) is 9.81. The number of ether oxygens (including phenoxy) is 2. The molecule has 2 aliphatic heterocycles. The highest BCUT2D eigenvalue weighted by Gasteiger charge is 2.23. The number of fused-ring (bicyclic) bond motifs is 1. The number of benzene rings is 1. The Bertz CT molecular complexity index is 447. The van der Waals surface area contributed by atoms with Gasteiger partial charge in [0.05, 0.1) is 12.6 Å². The summed E-state index contributed by atoms with van der Waals surface area (Å²) in [6.07, 6.45) is 3.17. The summed E-state index contributed by atoms with van der Waals surface area (Å²) < 4.78 is 11.2. The van der Waals surface area contributed by atoms with Crippen molar-refractivity contribution < 1.29 is 14.3 Å². The molecule has 1 aromatic rings. The van der Waals surface area contributed by atoms with Gasteiger partial charge in [0.25, 0.3) is 0 Å². The zero-order valence-corrected chi connectivity index (χ0v) is 11.4. The molecule has 0 aromatic heterocycles. The fourth-order valence-electron chi connectivity index (χ4n) is 2.65. The second-order valence-electron chi connectivity index (χ2n) is 5.28. The van der Waals surface area contributed by atoms with Gasteiger partial charge in [0.1, 0.15) is 11.9 Å². The molecule has 108 valence electrons. The molecule has 20 heavy (non-hydrogen) atoms. The number of nitrogens with one attached hydrogen (secondary N) is 2. The fraction of sp³-hybridized carbons (Fsp3) is 0.533. The van der Waals surface area contributed by atoms with Crippen molar-refractivity contribution in [2.45, 2.75) is 31.5 Å². The predicted octanol–water partition coefficient (Wildman–Crippen LogP) is 1.47. The number of rotatable bonds is 4. The molecule has 0 spiro atoms. The van der Waals surface area contributed by atoms with Crippen LogP contribution in [-0.2, 0) is 11.2 Å². The molecule has 2 heterocycles. The van der Waals surface area contributed by atoms with Crippen molar-refractivity contribution in [3.05, 3.63) is 29.8 Å². The van der Waals surface area contributed by atoms with E-state index >= 15 is 0 Å². The third-order valence-electron chi connectivity index (χ3n) is 3.72. The van der Waals surface area contributed by atoms with Crippen molar-refractivity contribution in [2.75, 3.05) is 19.7 Å².